The molecule has 0 spiro atoms. The van der Waals surface area contributed by atoms with E-state index in [0.717, 1.165) is 5.56 Å². The van der Waals surface area contributed by atoms with Crippen molar-refractivity contribution in [3.05, 3.63) is 23.4 Å². The molecule has 1 N–H and O–H groups in total. The number of nitrogens with zero attached hydrogens (tertiary/aromatic N) is 1. The van der Waals surface area contributed by atoms with Crippen LogP contribution in [0.1, 0.15) is 5.56 Å². The van der Waals surface area contributed by atoms with E-state index in [1.165, 1.54) is 0 Å². The van der Waals surface area contributed by atoms with Gasteiger partial charge in [-0.05, 0) is 6.72 Å². The first-order chi connectivity index (χ1) is 4.79. The Morgan fingerprint density at radius 1 is 1.70 bits per heavy atom. The Hall–Kier alpha value is -1.02. The van der Waals surface area contributed by atoms with Crippen molar-refractivity contribution in [1.29, 1.82) is 0 Å². The van der Waals surface area contributed by atoms with Crippen molar-refractivity contribution in [3.8, 4) is 0 Å². The zero-order chi connectivity index (χ0) is 7.56. The Bertz CT molecular complexity index is 263. The van der Waals surface area contributed by atoms with Crippen molar-refractivity contribution in [2.75, 3.05) is 0 Å². The van der Waals surface area contributed by atoms with Crippen LogP contribution >= 0.6 is 11.6 Å². The summed E-state index contributed by atoms with van der Waals surface area (Å²) < 4.78 is 0. The molecule has 0 aromatic carbocycles. The van der Waals surface area contributed by atoms with E-state index in [2.05, 4.69) is 23.3 Å². The number of H-pyrrole nitrogens is 1. The first-order valence-corrected chi connectivity index (χ1v) is 3.13. The van der Waals surface area contributed by atoms with Crippen molar-refractivity contribution in [2.24, 2.45) is 4.99 Å². The Labute approximate surface area is 64.2 Å². The minimum atomic E-state index is 0.623. The number of nitrogens with one attached hydrogen (secondary N) is 1. The summed E-state index contributed by atoms with van der Waals surface area (Å²) in [6.07, 6.45) is 3.30. The van der Waals surface area contributed by atoms with Gasteiger partial charge in [-0.3, -0.25) is 0 Å². The molecule has 0 radical (unpaired) electrons. The van der Waals surface area contributed by atoms with Crippen molar-refractivity contribution in [3.63, 3.8) is 0 Å². The molecule has 0 aliphatic carbocycles. The maximum absolute atomic E-state index is 5.73. The summed E-state index contributed by atoms with van der Waals surface area (Å²) in [7, 11) is 0. The monoisotopic (exact) mass is 154 g/mol. The van der Waals surface area contributed by atoms with Gasteiger partial charge >= 0.3 is 0 Å². The first kappa shape index (κ1) is 7.09. The first-order valence-electron chi connectivity index (χ1n) is 2.75. The van der Waals surface area contributed by atoms with Gasteiger partial charge in [0.05, 0.1) is 5.02 Å². The normalized spacial score (nSPS) is 9.30. The zero-order valence-electron chi connectivity index (χ0n) is 5.39. The van der Waals surface area contributed by atoms with Gasteiger partial charge in [0, 0.05) is 11.8 Å². The second-order valence-corrected chi connectivity index (χ2v) is 2.17. The molecule has 1 aromatic heterocycles. The number of aromatic nitrogens is 1. The fourth-order valence-electron chi connectivity index (χ4n) is 0.725. The Morgan fingerprint density at radius 3 is 2.80 bits per heavy atom. The third-order valence-electron chi connectivity index (χ3n) is 1.21. The standard InChI is InChI=1S/C7H7ClN2/c1-3-5-6(8)4-10-7(5)9-2/h3-4,10H,1-2H2. The zero-order valence-corrected chi connectivity index (χ0v) is 6.15. The summed E-state index contributed by atoms with van der Waals surface area (Å²) in [5.74, 6) is 0.667. The minimum absolute atomic E-state index is 0.623. The highest BCUT2D eigenvalue weighted by Gasteiger charge is 2.02. The number of hydrogen-bond donors (Lipinski definition) is 1. The molecule has 10 heavy (non-hydrogen) atoms. The third-order valence-corrected chi connectivity index (χ3v) is 1.52. The van der Waals surface area contributed by atoms with E-state index < -0.39 is 0 Å². The fraction of sp³-hybridized carbons (Fsp3) is 0. The third kappa shape index (κ3) is 0.977. The van der Waals surface area contributed by atoms with Crippen LogP contribution in [0.15, 0.2) is 17.8 Å². The van der Waals surface area contributed by atoms with E-state index in [1.807, 2.05) is 0 Å². The highest BCUT2D eigenvalue weighted by Crippen LogP contribution is 2.26. The number of aromatic amines is 1. The van der Waals surface area contributed by atoms with Gasteiger partial charge in [-0.15, -0.1) is 0 Å². The van der Waals surface area contributed by atoms with Gasteiger partial charge in [-0.25, -0.2) is 4.99 Å². The molecule has 52 valence electrons. The van der Waals surface area contributed by atoms with Crippen LogP contribution < -0.4 is 0 Å². The van der Waals surface area contributed by atoms with E-state index in [1.54, 1.807) is 12.3 Å². The number of rotatable bonds is 2. The molecule has 0 aliphatic rings. The van der Waals surface area contributed by atoms with E-state index in [4.69, 9.17) is 11.6 Å². The molecule has 0 amide bonds. The molecule has 3 heteroatoms. The van der Waals surface area contributed by atoms with Crippen molar-refractivity contribution >= 4 is 30.2 Å². The summed E-state index contributed by atoms with van der Waals surface area (Å²) in [6.45, 7) is 6.95. The van der Waals surface area contributed by atoms with Crippen LogP contribution in [-0.4, -0.2) is 11.7 Å². The highest BCUT2D eigenvalue weighted by molar-refractivity contribution is 6.32. The molecule has 1 rings (SSSR count). The van der Waals surface area contributed by atoms with Gasteiger partial charge in [0.1, 0.15) is 5.82 Å². The second-order valence-electron chi connectivity index (χ2n) is 1.76. The van der Waals surface area contributed by atoms with E-state index in [-0.39, 0.29) is 0 Å². The Kier molecular flexibility index (Phi) is 1.92. The van der Waals surface area contributed by atoms with E-state index in [0.29, 0.717) is 10.8 Å². The molecule has 1 heterocycles. The van der Waals surface area contributed by atoms with Crippen LogP contribution in [-0.2, 0) is 0 Å². The number of hydrogen-bond acceptors (Lipinski definition) is 1. The molecule has 0 aliphatic heterocycles. The van der Waals surface area contributed by atoms with Gasteiger partial charge in [-0.1, -0.05) is 24.3 Å². The van der Waals surface area contributed by atoms with Crippen LogP contribution in [0.3, 0.4) is 0 Å². The van der Waals surface area contributed by atoms with Crippen LogP contribution in [0.4, 0.5) is 5.82 Å². The minimum Gasteiger partial charge on any atom is -0.345 e. The molecule has 2 nitrogen and oxygen atoms in total. The summed E-state index contributed by atoms with van der Waals surface area (Å²) in [5, 5.41) is 0.623. The molecule has 0 bridgehead atoms. The van der Waals surface area contributed by atoms with E-state index in [9.17, 15) is 0 Å². The summed E-state index contributed by atoms with van der Waals surface area (Å²) in [5.41, 5.74) is 0.802. The highest BCUT2D eigenvalue weighted by atomic mass is 35.5. The molecule has 1 aromatic rings. The van der Waals surface area contributed by atoms with Gasteiger partial charge < -0.3 is 4.98 Å². The average molecular weight is 155 g/mol. The molecular weight excluding hydrogens is 148 g/mol. The smallest absolute Gasteiger partial charge is 0.138 e. The maximum Gasteiger partial charge on any atom is 0.138 e. The Morgan fingerprint density at radius 2 is 2.40 bits per heavy atom. The fourth-order valence-corrected chi connectivity index (χ4v) is 0.947. The van der Waals surface area contributed by atoms with Crippen molar-refractivity contribution in [1.82, 2.24) is 4.98 Å². The van der Waals surface area contributed by atoms with Gasteiger partial charge in [0.2, 0.25) is 0 Å². The predicted molar refractivity (Wildman–Crippen MR) is 45.1 cm³/mol. The van der Waals surface area contributed by atoms with E-state index >= 15 is 0 Å². The van der Waals surface area contributed by atoms with Crippen LogP contribution in [0.2, 0.25) is 5.02 Å². The second kappa shape index (κ2) is 2.71. The SMILES string of the molecule is C=Cc1c(Cl)c[nH]c1N=C. The summed E-state index contributed by atoms with van der Waals surface area (Å²) >= 11 is 5.73. The topological polar surface area (TPSA) is 28.1 Å². The van der Waals surface area contributed by atoms with Crippen molar-refractivity contribution < 1.29 is 0 Å². The quantitative estimate of drug-likeness (QED) is 0.635. The van der Waals surface area contributed by atoms with Crippen LogP contribution in [0, 0.1) is 0 Å². The molecule has 0 fully saturated rings. The summed E-state index contributed by atoms with van der Waals surface area (Å²) in [6, 6.07) is 0. The molecule has 0 atom stereocenters. The van der Waals surface area contributed by atoms with Crippen LogP contribution in [0.5, 0.6) is 0 Å². The maximum atomic E-state index is 5.73. The van der Waals surface area contributed by atoms with Gasteiger partial charge in [-0.2, -0.15) is 0 Å². The Balaban J connectivity index is 3.25. The molecule has 0 saturated heterocycles. The lowest BCUT2D eigenvalue weighted by molar-refractivity contribution is 1.35. The van der Waals surface area contributed by atoms with Crippen LogP contribution in [0.25, 0.3) is 6.08 Å². The van der Waals surface area contributed by atoms with Gasteiger partial charge in [0.25, 0.3) is 0 Å². The average Bonchev–Trinajstić information content (AvgIpc) is 2.30. The largest absolute Gasteiger partial charge is 0.345 e. The molecule has 0 saturated carbocycles. The predicted octanol–water partition coefficient (Wildman–Crippen LogP) is 2.64. The summed E-state index contributed by atoms with van der Waals surface area (Å²) in [4.78, 5) is 6.54. The van der Waals surface area contributed by atoms with Crippen molar-refractivity contribution in [2.45, 2.75) is 0 Å². The lowest BCUT2D eigenvalue weighted by Crippen LogP contribution is -1.65. The number of halogens is 1. The van der Waals surface area contributed by atoms with Gasteiger partial charge in [0.15, 0.2) is 0 Å². The number of aliphatic imine (C=N–C) groups is 1. The lowest BCUT2D eigenvalue weighted by Gasteiger charge is -1.88. The lowest BCUT2D eigenvalue weighted by atomic mass is 10.3. The molecular formula is C7H7ClN2. The molecule has 0 unspecified atom stereocenters.